The molecule has 3 aromatic rings. The lowest BCUT2D eigenvalue weighted by molar-refractivity contribution is -0.142. The third-order valence-electron chi connectivity index (χ3n) is 5.59. The first-order valence-electron chi connectivity index (χ1n) is 10.4. The summed E-state index contributed by atoms with van der Waals surface area (Å²) in [7, 11) is 0. The van der Waals surface area contributed by atoms with Crippen LogP contribution in [0, 0.1) is 13.8 Å². The topological polar surface area (TPSA) is 75.9 Å². The summed E-state index contributed by atoms with van der Waals surface area (Å²) in [4.78, 5) is 25.8. The van der Waals surface area contributed by atoms with Gasteiger partial charge in [-0.2, -0.15) is 14.6 Å². The molecule has 1 atom stereocenters. The van der Waals surface area contributed by atoms with Gasteiger partial charge in [-0.3, -0.25) is 4.79 Å². The highest BCUT2D eigenvalue weighted by Gasteiger charge is 2.29. The number of fused-ring (bicyclic) bond motifs is 1. The molecular formula is C22H28N6O2. The fourth-order valence-corrected chi connectivity index (χ4v) is 4.20. The maximum Gasteiger partial charge on any atom is 0.310 e. The minimum Gasteiger partial charge on any atom is -0.466 e. The number of aryl methyl sites for hydroxylation is 2. The second-order valence-electron chi connectivity index (χ2n) is 7.78. The number of piperazine rings is 1. The average Bonchev–Trinajstić information content (AvgIpc) is 3.16. The van der Waals surface area contributed by atoms with Gasteiger partial charge in [0.05, 0.1) is 13.0 Å². The number of esters is 1. The Hall–Kier alpha value is -3.16. The van der Waals surface area contributed by atoms with Crippen molar-refractivity contribution in [2.24, 2.45) is 0 Å². The van der Waals surface area contributed by atoms with Gasteiger partial charge in [0.15, 0.2) is 0 Å². The average molecular weight is 409 g/mol. The zero-order chi connectivity index (χ0) is 21.3. The zero-order valence-corrected chi connectivity index (χ0v) is 18.0. The Bertz CT molecular complexity index is 1060. The maximum absolute atomic E-state index is 12.3. The molecular weight excluding hydrogens is 380 g/mol. The summed E-state index contributed by atoms with van der Waals surface area (Å²) in [5.41, 5.74) is 4.13. The minimum absolute atomic E-state index is 0.171. The van der Waals surface area contributed by atoms with E-state index in [-0.39, 0.29) is 12.4 Å². The van der Waals surface area contributed by atoms with Crippen molar-refractivity contribution < 1.29 is 9.53 Å². The van der Waals surface area contributed by atoms with Crippen LogP contribution >= 0.6 is 0 Å². The van der Waals surface area contributed by atoms with Crippen molar-refractivity contribution >= 4 is 23.3 Å². The second-order valence-corrected chi connectivity index (χ2v) is 7.78. The highest BCUT2D eigenvalue weighted by Crippen LogP contribution is 2.29. The monoisotopic (exact) mass is 408 g/mol. The van der Waals surface area contributed by atoms with Crippen LogP contribution in [0.25, 0.3) is 5.78 Å². The molecule has 0 spiro atoms. The largest absolute Gasteiger partial charge is 0.466 e. The van der Waals surface area contributed by atoms with E-state index in [1.165, 1.54) is 17.6 Å². The van der Waals surface area contributed by atoms with Gasteiger partial charge in [-0.15, -0.1) is 0 Å². The van der Waals surface area contributed by atoms with Crippen molar-refractivity contribution in [3.05, 3.63) is 47.4 Å². The lowest BCUT2D eigenvalue weighted by Gasteiger charge is -2.42. The molecule has 8 heteroatoms. The number of benzene rings is 1. The fourth-order valence-electron chi connectivity index (χ4n) is 4.20. The van der Waals surface area contributed by atoms with Crippen LogP contribution in [0.2, 0.25) is 0 Å². The van der Waals surface area contributed by atoms with E-state index in [0.29, 0.717) is 18.4 Å². The number of carbonyl (C=O) groups is 1. The van der Waals surface area contributed by atoms with Crippen LogP contribution in [0.3, 0.4) is 0 Å². The van der Waals surface area contributed by atoms with Gasteiger partial charge in [0.2, 0.25) is 0 Å². The number of hydrogen-bond donors (Lipinski definition) is 0. The summed E-state index contributed by atoms with van der Waals surface area (Å²) in [6.07, 6.45) is 1.68. The zero-order valence-electron chi connectivity index (χ0n) is 18.0. The van der Waals surface area contributed by atoms with E-state index < -0.39 is 0 Å². The molecule has 0 amide bonds. The molecule has 1 saturated heterocycles. The standard InChI is InChI=1S/C22H28N6O2/c1-5-30-20(29)12-19-17(4)25-22-23-14-24-28(22)21(19)26-9-10-27(16(3)13-26)18-8-6-7-15(2)11-18/h6-8,11,14,16H,5,9-10,12-13H2,1-4H3/t16-/m0/s1. The molecule has 0 saturated carbocycles. The summed E-state index contributed by atoms with van der Waals surface area (Å²) >= 11 is 0. The Balaban J connectivity index is 1.67. The molecule has 3 heterocycles. The molecule has 2 aromatic heterocycles. The molecule has 1 aliphatic heterocycles. The van der Waals surface area contributed by atoms with E-state index in [4.69, 9.17) is 4.74 Å². The third kappa shape index (κ3) is 3.81. The molecule has 0 bridgehead atoms. The highest BCUT2D eigenvalue weighted by molar-refractivity contribution is 5.76. The number of hydrogen-bond acceptors (Lipinski definition) is 7. The van der Waals surface area contributed by atoms with Gasteiger partial charge in [0, 0.05) is 42.6 Å². The Morgan fingerprint density at radius 3 is 2.83 bits per heavy atom. The van der Waals surface area contributed by atoms with Crippen LogP contribution in [0.15, 0.2) is 30.6 Å². The predicted octanol–water partition coefficient (Wildman–Crippen LogP) is 2.56. The number of carbonyl (C=O) groups excluding carboxylic acids is 1. The lowest BCUT2D eigenvalue weighted by atomic mass is 10.1. The Morgan fingerprint density at radius 1 is 1.27 bits per heavy atom. The van der Waals surface area contributed by atoms with Gasteiger partial charge in [-0.05, 0) is 45.4 Å². The summed E-state index contributed by atoms with van der Waals surface area (Å²) < 4.78 is 6.95. The molecule has 8 nitrogen and oxygen atoms in total. The van der Waals surface area contributed by atoms with E-state index in [1.54, 1.807) is 4.52 Å². The maximum atomic E-state index is 12.3. The number of nitrogens with zero attached hydrogens (tertiary/aromatic N) is 6. The quantitative estimate of drug-likeness (QED) is 0.601. The molecule has 1 aliphatic rings. The molecule has 1 aromatic carbocycles. The van der Waals surface area contributed by atoms with Crippen molar-refractivity contribution in [2.75, 3.05) is 36.0 Å². The smallest absolute Gasteiger partial charge is 0.310 e. The van der Waals surface area contributed by atoms with Gasteiger partial charge in [-0.1, -0.05) is 12.1 Å². The van der Waals surface area contributed by atoms with E-state index in [2.05, 4.69) is 63.0 Å². The molecule has 158 valence electrons. The van der Waals surface area contributed by atoms with Gasteiger partial charge < -0.3 is 14.5 Å². The van der Waals surface area contributed by atoms with Crippen LogP contribution < -0.4 is 9.80 Å². The Kier molecular flexibility index (Phi) is 5.57. The van der Waals surface area contributed by atoms with Crippen LogP contribution in [-0.4, -0.2) is 57.8 Å². The predicted molar refractivity (Wildman–Crippen MR) is 116 cm³/mol. The molecule has 0 aliphatic carbocycles. The summed E-state index contributed by atoms with van der Waals surface area (Å²) in [5.74, 6) is 1.18. The minimum atomic E-state index is -0.255. The van der Waals surface area contributed by atoms with E-state index in [1.807, 2.05) is 13.8 Å². The van der Waals surface area contributed by atoms with Crippen LogP contribution in [0.4, 0.5) is 11.5 Å². The van der Waals surface area contributed by atoms with Crippen molar-refractivity contribution in [1.82, 2.24) is 19.6 Å². The van der Waals surface area contributed by atoms with E-state index in [9.17, 15) is 4.79 Å². The molecule has 0 N–H and O–H groups in total. The highest BCUT2D eigenvalue weighted by atomic mass is 16.5. The van der Waals surface area contributed by atoms with Crippen LogP contribution in [0.1, 0.15) is 30.7 Å². The summed E-state index contributed by atoms with van der Waals surface area (Å²) in [6.45, 7) is 10.9. The summed E-state index contributed by atoms with van der Waals surface area (Å²) in [6, 6.07) is 8.91. The van der Waals surface area contributed by atoms with Gasteiger partial charge in [0.1, 0.15) is 12.1 Å². The molecule has 30 heavy (non-hydrogen) atoms. The first-order chi connectivity index (χ1) is 14.5. The first kappa shape index (κ1) is 20.1. The van der Waals surface area contributed by atoms with E-state index >= 15 is 0 Å². The second kappa shape index (κ2) is 8.30. The number of ether oxygens (including phenoxy) is 1. The molecule has 0 unspecified atom stereocenters. The van der Waals surface area contributed by atoms with Crippen molar-refractivity contribution in [2.45, 2.75) is 40.2 Å². The SMILES string of the molecule is CCOC(=O)Cc1c(C)nc2ncnn2c1N1CCN(c2cccc(C)c2)[C@@H](C)C1. The van der Waals surface area contributed by atoms with Crippen molar-refractivity contribution in [1.29, 1.82) is 0 Å². The third-order valence-corrected chi connectivity index (χ3v) is 5.59. The van der Waals surface area contributed by atoms with Crippen LogP contribution in [0.5, 0.6) is 0 Å². The lowest BCUT2D eigenvalue weighted by Crippen LogP contribution is -2.53. The molecule has 0 radical (unpaired) electrons. The van der Waals surface area contributed by atoms with Gasteiger partial charge in [0.25, 0.3) is 5.78 Å². The Morgan fingerprint density at radius 2 is 2.10 bits per heavy atom. The van der Waals surface area contributed by atoms with Crippen molar-refractivity contribution in [3.63, 3.8) is 0 Å². The molecule has 1 fully saturated rings. The Labute approximate surface area is 176 Å². The number of anilines is 2. The summed E-state index contributed by atoms with van der Waals surface area (Å²) in [5, 5.41) is 4.40. The van der Waals surface area contributed by atoms with Gasteiger partial charge in [-0.25, -0.2) is 4.98 Å². The van der Waals surface area contributed by atoms with Crippen molar-refractivity contribution in [3.8, 4) is 0 Å². The molecule has 4 rings (SSSR count). The van der Waals surface area contributed by atoms with E-state index in [0.717, 1.165) is 36.7 Å². The fraction of sp³-hybridized carbons (Fsp3) is 0.455. The number of aromatic nitrogens is 4. The normalized spacial score (nSPS) is 16.9. The van der Waals surface area contributed by atoms with Crippen LogP contribution in [-0.2, 0) is 16.0 Å². The first-order valence-corrected chi connectivity index (χ1v) is 10.4. The van der Waals surface area contributed by atoms with Gasteiger partial charge >= 0.3 is 5.97 Å². The number of rotatable bonds is 5.